The fourth-order valence-electron chi connectivity index (χ4n) is 12.6. The zero-order chi connectivity index (χ0) is 48.3. The van der Waals surface area contributed by atoms with Crippen LogP contribution in [-0.2, 0) is 0 Å². The molecule has 0 spiro atoms. The molecule has 4 heteroatoms. The van der Waals surface area contributed by atoms with Crippen LogP contribution in [0.2, 0.25) is 26.2 Å². The number of hydrogen-bond donors (Lipinski definition) is 0. The van der Waals surface area contributed by atoms with Gasteiger partial charge in [0.05, 0.1) is 0 Å². The maximum Gasteiger partial charge on any atom is 0.117 e. The molecule has 0 bridgehead atoms. The molecule has 0 aromatic heterocycles. The van der Waals surface area contributed by atoms with E-state index in [-0.39, 0.29) is 0 Å². The van der Waals surface area contributed by atoms with Crippen molar-refractivity contribution in [3.63, 3.8) is 0 Å². The quantitative estimate of drug-likeness (QED) is 0.125. The molecule has 0 N–H and O–H groups in total. The monoisotopic (exact) mass is 952 g/mol. The Morgan fingerprint density at radius 2 is 0.597 bits per heavy atom. The summed E-state index contributed by atoms with van der Waals surface area (Å²) >= 11 is 0. The first-order chi connectivity index (χ1) is 35.2. The Hall–Kier alpha value is -8.29. The molecule has 0 saturated heterocycles. The van der Waals surface area contributed by atoms with Crippen molar-refractivity contribution in [3.8, 4) is 33.4 Å². The second-order valence-electron chi connectivity index (χ2n) is 20.9. The summed E-state index contributed by atoms with van der Waals surface area (Å²) in [5.74, 6) is 0. The second-order valence-corrected chi connectivity index (χ2v) is 29.6. The van der Waals surface area contributed by atoms with Crippen molar-refractivity contribution in [3.05, 3.63) is 243 Å². The number of fused-ring (bicyclic) bond motifs is 8. The summed E-state index contributed by atoms with van der Waals surface area (Å²) in [5.41, 5.74) is 14.7. The van der Waals surface area contributed by atoms with Crippen LogP contribution in [-0.4, -0.2) is 16.1 Å². The van der Waals surface area contributed by atoms with Crippen LogP contribution < -0.4 is 30.5 Å². The maximum atomic E-state index is 2.54. The molecule has 12 aromatic carbocycles. The number of para-hydroxylation sites is 4. The molecule has 2 aliphatic rings. The Labute approximate surface area is 423 Å². The van der Waals surface area contributed by atoms with Crippen LogP contribution in [0.1, 0.15) is 0 Å². The first kappa shape index (κ1) is 42.6. The highest BCUT2D eigenvalue weighted by Crippen LogP contribution is 2.50. The third kappa shape index (κ3) is 6.46. The molecule has 0 atom stereocenters. The van der Waals surface area contributed by atoms with Gasteiger partial charge < -0.3 is 9.80 Å². The van der Waals surface area contributed by atoms with E-state index in [1.165, 1.54) is 120 Å². The molecular weight excluding hydrogens is 901 g/mol. The summed E-state index contributed by atoms with van der Waals surface area (Å²) in [6.07, 6.45) is 0. The van der Waals surface area contributed by atoms with Gasteiger partial charge in [0.2, 0.25) is 0 Å². The molecule has 2 nitrogen and oxygen atoms in total. The van der Waals surface area contributed by atoms with Crippen LogP contribution in [0, 0.1) is 0 Å². The van der Waals surface area contributed by atoms with Crippen LogP contribution in [0.25, 0.3) is 76.5 Å². The number of rotatable bonds is 5. The first-order valence-corrected chi connectivity index (χ1v) is 31.3. The lowest BCUT2D eigenvalue weighted by atomic mass is 9.84. The predicted octanol–water partition coefficient (Wildman–Crippen LogP) is 16.5. The normalized spacial score (nSPS) is 14.3. The zero-order valence-corrected chi connectivity index (χ0v) is 43.0. The lowest BCUT2D eigenvalue weighted by Crippen LogP contribution is -2.58. The van der Waals surface area contributed by atoms with Gasteiger partial charge in [-0.3, -0.25) is 0 Å². The minimum atomic E-state index is -2.01. The van der Waals surface area contributed by atoms with Crippen molar-refractivity contribution in [1.29, 1.82) is 0 Å². The van der Waals surface area contributed by atoms with Crippen molar-refractivity contribution in [2.45, 2.75) is 26.2 Å². The Balaban J connectivity index is 1.09. The van der Waals surface area contributed by atoms with Gasteiger partial charge in [0.25, 0.3) is 0 Å². The number of anilines is 6. The summed E-state index contributed by atoms with van der Waals surface area (Å²) < 4.78 is 0. The first-order valence-electron chi connectivity index (χ1n) is 25.3. The summed E-state index contributed by atoms with van der Waals surface area (Å²) in [7, 11) is -4.01. The van der Waals surface area contributed by atoms with Gasteiger partial charge in [0.1, 0.15) is 16.1 Å². The van der Waals surface area contributed by atoms with Gasteiger partial charge in [0.15, 0.2) is 0 Å². The molecule has 0 aliphatic carbocycles. The van der Waals surface area contributed by atoms with E-state index < -0.39 is 16.1 Å². The number of hydrogen-bond acceptors (Lipinski definition) is 2. The molecule has 0 radical (unpaired) electrons. The van der Waals surface area contributed by atoms with Crippen molar-refractivity contribution in [2.24, 2.45) is 0 Å². The molecule has 342 valence electrons. The van der Waals surface area contributed by atoms with Crippen LogP contribution in [0.15, 0.2) is 243 Å². The molecule has 72 heavy (non-hydrogen) atoms. The third-order valence-electron chi connectivity index (χ3n) is 16.1. The van der Waals surface area contributed by atoms with Gasteiger partial charge in [-0.2, -0.15) is 0 Å². The van der Waals surface area contributed by atoms with E-state index in [0.717, 1.165) is 11.4 Å². The lowest BCUT2D eigenvalue weighted by molar-refractivity contribution is 1.29. The zero-order valence-electron chi connectivity index (χ0n) is 41.0. The summed E-state index contributed by atoms with van der Waals surface area (Å²) in [6, 6.07) is 91.9. The average Bonchev–Trinajstić information content (AvgIpc) is 3.42. The van der Waals surface area contributed by atoms with E-state index >= 15 is 0 Å². The SMILES string of the molecule is C[Si]1(C)c2ccccc2N(c2ccc3c(-c4ccc5ccccc5c4)c4cc(N5c6ccccc6[Si](C)(C)c6ccccc65)ccc4c(-c4cccc(-c5ccc6ccccc6c5)c4)c3c2)c2ccccc21. The molecule has 0 amide bonds. The van der Waals surface area contributed by atoms with Crippen LogP contribution >= 0.6 is 0 Å². The number of benzene rings is 12. The molecule has 12 aromatic rings. The van der Waals surface area contributed by atoms with Crippen molar-refractivity contribution in [2.75, 3.05) is 9.80 Å². The van der Waals surface area contributed by atoms with Crippen LogP contribution in [0.5, 0.6) is 0 Å². The van der Waals surface area contributed by atoms with Crippen molar-refractivity contribution >= 4 is 114 Å². The minimum Gasteiger partial charge on any atom is -0.311 e. The highest BCUT2D eigenvalue weighted by Gasteiger charge is 2.40. The molecule has 2 heterocycles. The fraction of sp³-hybridized carbons (Fsp3) is 0.0588. The topological polar surface area (TPSA) is 6.48 Å². The molecule has 14 rings (SSSR count). The van der Waals surface area contributed by atoms with Gasteiger partial charge in [0, 0.05) is 34.1 Å². The van der Waals surface area contributed by atoms with E-state index in [2.05, 4.69) is 279 Å². The highest BCUT2D eigenvalue weighted by atomic mass is 28.3. The predicted molar refractivity (Wildman–Crippen MR) is 316 cm³/mol. The number of nitrogens with zero attached hydrogens (tertiary/aromatic N) is 2. The second kappa shape index (κ2) is 16.1. The maximum absolute atomic E-state index is 2.54. The van der Waals surface area contributed by atoms with E-state index in [0.29, 0.717) is 0 Å². The van der Waals surface area contributed by atoms with E-state index in [1.807, 2.05) is 0 Å². The van der Waals surface area contributed by atoms with E-state index in [9.17, 15) is 0 Å². The molecular formula is C68H52N2Si2. The molecule has 0 fully saturated rings. The third-order valence-corrected chi connectivity index (χ3v) is 23.2. The minimum absolute atomic E-state index is 1.16. The largest absolute Gasteiger partial charge is 0.311 e. The highest BCUT2D eigenvalue weighted by molar-refractivity contribution is 7.03. The van der Waals surface area contributed by atoms with E-state index in [1.54, 1.807) is 0 Å². The molecule has 0 saturated carbocycles. The Bertz CT molecular complexity index is 4110. The lowest BCUT2D eigenvalue weighted by Gasteiger charge is -2.41. The van der Waals surface area contributed by atoms with Gasteiger partial charge in [-0.25, -0.2) is 0 Å². The van der Waals surface area contributed by atoms with Crippen molar-refractivity contribution < 1.29 is 0 Å². The fourth-order valence-corrected chi connectivity index (χ4v) is 18.5. The molecule has 0 unspecified atom stereocenters. The Morgan fingerprint density at radius 1 is 0.250 bits per heavy atom. The van der Waals surface area contributed by atoms with Gasteiger partial charge in [-0.15, -0.1) is 0 Å². The summed E-state index contributed by atoms with van der Waals surface area (Å²) in [5, 5.41) is 15.7. The standard InChI is InChI=1S/C68H52N2Si2/c1-71(2)63-28-13-9-24-59(63)69(60-25-10-14-29-64(60)71)53-37-39-56-57(43-53)67(51-23-17-22-49(42-51)50-34-32-45-18-5-7-20-47(45)40-50)55-38-36-54(44-58(55)68(56)52-35-33-46-19-6-8-21-48(46)41-52)70-61-26-11-15-30-65(61)72(3,4)66-31-16-12-27-62(66)70/h5-44H,1-4H3. The van der Waals surface area contributed by atoms with Crippen LogP contribution in [0.3, 0.4) is 0 Å². The van der Waals surface area contributed by atoms with Crippen LogP contribution in [0.4, 0.5) is 34.1 Å². The van der Waals surface area contributed by atoms with Gasteiger partial charge in [-0.1, -0.05) is 202 Å². The average molecular weight is 953 g/mol. The molecule has 2 aliphatic heterocycles. The summed E-state index contributed by atoms with van der Waals surface area (Å²) in [4.78, 5) is 5.08. The summed E-state index contributed by atoms with van der Waals surface area (Å²) in [6.45, 7) is 10.0. The van der Waals surface area contributed by atoms with E-state index in [4.69, 9.17) is 0 Å². The van der Waals surface area contributed by atoms with Gasteiger partial charge in [-0.05, 0) is 164 Å². The van der Waals surface area contributed by atoms with Gasteiger partial charge >= 0.3 is 0 Å². The Kier molecular flexibility index (Phi) is 9.54. The Morgan fingerprint density at radius 3 is 1.06 bits per heavy atom. The van der Waals surface area contributed by atoms with Crippen molar-refractivity contribution in [1.82, 2.24) is 0 Å². The smallest absolute Gasteiger partial charge is 0.117 e.